The van der Waals surface area contributed by atoms with E-state index < -0.39 is 0 Å². The molecule has 4 aliphatic carbocycles. The smallest absolute Gasteiger partial charge is 0.249 e. The Morgan fingerprint density at radius 3 is 2.53 bits per heavy atom. The number of nitrogens with one attached hydrogen (secondary N) is 1. The maximum absolute atomic E-state index is 12.3. The van der Waals surface area contributed by atoms with E-state index in [0.717, 1.165) is 31.1 Å². The highest BCUT2D eigenvalue weighted by atomic mass is 79.9. The molecule has 0 aromatic heterocycles. The van der Waals surface area contributed by atoms with Crippen molar-refractivity contribution in [3.8, 4) is 0 Å². The fraction of sp³-hybridized carbons (Fsp3) is 0.923. The van der Waals surface area contributed by atoms with Gasteiger partial charge in [-0.25, -0.2) is 5.48 Å². The summed E-state index contributed by atoms with van der Waals surface area (Å²) in [5.41, 5.74) is 2.50. The lowest BCUT2D eigenvalue weighted by molar-refractivity contribution is -0.156. The Labute approximate surface area is 111 Å². The number of rotatable bonds is 3. The molecule has 4 heteroatoms. The summed E-state index contributed by atoms with van der Waals surface area (Å²) in [7, 11) is 0. The van der Waals surface area contributed by atoms with Gasteiger partial charge in [0.05, 0.1) is 12.0 Å². The third kappa shape index (κ3) is 1.93. The molecule has 0 aliphatic heterocycles. The van der Waals surface area contributed by atoms with Gasteiger partial charge in [-0.1, -0.05) is 15.9 Å². The van der Waals surface area contributed by atoms with E-state index >= 15 is 0 Å². The molecule has 4 saturated carbocycles. The van der Waals surface area contributed by atoms with Crippen molar-refractivity contribution >= 4 is 21.8 Å². The summed E-state index contributed by atoms with van der Waals surface area (Å²) in [6.07, 6.45) is 6.97. The number of amides is 1. The summed E-state index contributed by atoms with van der Waals surface area (Å²) in [5, 5.41) is 0. The molecule has 0 heterocycles. The van der Waals surface area contributed by atoms with Crippen LogP contribution in [0.3, 0.4) is 0 Å². The molecular weight excluding hydrogens is 282 g/mol. The molecule has 0 aromatic carbocycles. The molecule has 1 amide bonds. The molecule has 4 fully saturated rings. The van der Waals surface area contributed by atoms with Gasteiger partial charge in [0.1, 0.15) is 0 Å². The van der Waals surface area contributed by atoms with Gasteiger partial charge < -0.3 is 0 Å². The standard InChI is InChI=1S/C13H20BrNO2/c1-2-17-15-11(16)12-4-9-3-10(5-12)7-13(14,6-9)8-12/h9-10H,2-8H2,1H3,(H,15,16). The second-order valence-corrected chi connectivity index (χ2v) is 7.94. The van der Waals surface area contributed by atoms with Crippen LogP contribution in [0.15, 0.2) is 0 Å². The number of halogens is 1. The van der Waals surface area contributed by atoms with E-state index in [1.807, 2.05) is 6.92 Å². The fourth-order valence-corrected chi connectivity index (χ4v) is 6.11. The maximum atomic E-state index is 12.3. The quantitative estimate of drug-likeness (QED) is 0.643. The van der Waals surface area contributed by atoms with Gasteiger partial charge in [0, 0.05) is 4.32 Å². The average Bonchev–Trinajstić information content (AvgIpc) is 2.22. The highest BCUT2D eigenvalue weighted by molar-refractivity contribution is 9.10. The molecule has 2 unspecified atom stereocenters. The van der Waals surface area contributed by atoms with E-state index in [-0.39, 0.29) is 15.6 Å². The molecule has 1 N–H and O–H groups in total. The van der Waals surface area contributed by atoms with E-state index in [2.05, 4.69) is 21.4 Å². The third-order valence-electron chi connectivity index (χ3n) is 4.78. The van der Waals surface area contributed by atoms with Crippen LogP contribution in [-0.4, -0.2) is 16.8 Å². The summed E-state index contributed by atoms with van der Waals surface area (Å²) in [5.74, 6) is 1.60. The van der Waals surface area contributed by atoms with Crippen LogP contribution in [0.25, 0.3) is 0 Å². The lowest BCUT2D eigenvalue weighted by atomic mass is 9.49. The molecule has 0 aromatic rings. The van der Waals surface area contributed by atoms with Crippen molar-refractivity contribution < 1.29 is 9.63 Å². The van der Waals surface area contributed by atoms with Gasteiger partial charge in [0.15, 0.2) is 0 Å². The summed E-state index contributed by atoms with van der Waals surface area (Å²) < 4.78 is 0.237. The van der Waals surface area contributed by atoms with Crippen molar-refractivity contribution in [1.29, 1.82) is 0 Å². The molecule has 4 rings (SSSR count). The Bertz CT molecular complexity index is 330. The van der Waals surface area contributed by atoms with E-state index in [4.69, 9.17) is 4.84 Å². The van der Waals surface area contributed by atoms with Crippen LogP contribution in [0.2, 0.25) is 0 Å². The molecular formula is C13H20BrNO2. The number of hydroxylamine groups is 1. The minimum atomic E-state index is -0.150. The zero-order chi connectivity index (χ0) is 12.1. The van der Waals surface area contributed by atoms with Crippen molar-refractivity contribution in [3.63, 3.8) is 0 Å². The number of hydrogen-bond acceptors (Lipinski definition) is 2. The summed E-state index contributed by atoms with van der Waals surface area (Å²) in [6.45, 7) is 2.43. The zero-order valence-corrected chi connectivity index (χ0v) is 11.9. The summed E-state index contributed by atoms with van der Waals surface area (Å²) in [4.78, 5) is 17.4. The van der Waals surface area contributed by atoms with Gasteiger partial charge in [-0.3, -0.25) is 9.63 Å². The van der Waals surface area contributed by atoms with E-state index in [1.54, 1.807) is 0 Å². The van der Waals surface area contributed by atoms with Gasteiger partial charge in [-0.2, -0.15) is 0 Å². The predicted octanol–water partition coefficient (Wildman–Crippen LogP) is 2.79. The Morgan fingerprint density at radius 2 is 2.00 bits per heavy atom. The topological polar surface area (TPSA) is 38.3 Å². The lowest BCUT2D eigenvalue weighted by Crippen LogP contribution is -2.58. The molecule has 4 bridgehead atoms. The minimum absolute atomic E-state index is 0.122. The Kier molecular flexibility index (Phi) is 2.78. The maximum Gasteiger partial charge on any atom is 0.249 e. The second kappa shape index (κ2) is 3.95. The number of carbonyl (C=O) groups excluding carboxylic acids is 1. The van der Waals surface area contributed by atoms with Crippen molar-refractivity contribution in [2.45, 2.75) is 49.8 Å². The highest BCUT2D eigenvalue weighted by Gasteiger charge is 2.59. The van der Waals surface area contributed by atoms with Crippen LogP contribution in [0.1, 0.15) is 45.4 Å². The Balaban J connectivity index is 1.81. The van der Waals surface area contributed by atoms with Crippen molar-refractivity contribution in [1.82, 2.24) is 5.48 Å². The molecule has 2 atom stereocenters. The van der Waals surface area contributed by atoms with Crippen LogP contribution >= 0.6 is 15.9 Å². The van der Waals surface area contributed by atoms with Crippen LogP contribution < -0.4 is 5.48 Å². The molecule has 4 aliphatic rings. The average molecular weight is 302 g/mol. The summed E-state index contributed by atoms with van der Waals surface area (Å²) >= 11 is 3.91. The van der Waals surface area contributed by atoms with Crippen molar-refractivity contribution in [2.24, 2.45) is 17.3 Å². The van der Waals surface area contributed by atoms with Gasteiger partial charge in [0.2, 0.25) is 5.91 Å². The predicted molar refractivity (Wildman–Crippen MR) is 68.5 cm³/mol. The first-order valence-electron chi connectivity index (χ1n) is 6.66. The number of hydrogen-bond donors (Lipinski definition) is 1. The van der Waals surface area contributed by atoms with Crippen LogP contribution in [-0.2, 0) is 9.63 Å². The molecule has 3 nitrogen and oxygen atoms in total. The van der Waals surface area contributed by atoms with E-state index in [9.17, 15) is 4.79 Å². The summed E-state index contributed by atoms with van der Waals surface area (Å²) in [6, 6.07) is 0. The van der Waals surface area contributed by atoms with Crippen LogP contribution in [0.4, 0.5) is 0 Å². The number of carbonyl (C=O) groups is 1. The normalized spacial score (nSPS) is 47.2. The zero-order valence-electron chi connectivity index (χ0n) is 10.3. The second-order valence-electron chi connectivity index (χ2n) is 6.26. The van der Waals surface area contributed by atoms with E-state index in [1.165, 1.54) is 19.3 Å². The van der Waals surface area contributed by atoms with E-state index in [0.29, 0.717) is 6.61 Å². The first kappa shape index (κ1) is 12.0. The van der Waals surface area contributed by atoms with Gasteiger partial charge in [0.25, 0.3) is 0 Å². The van der Waals surface area contributed by atoms with Gasteiger partial charge in [-0.05, 0) is 57.3 Å². The highest BCUT2D eigenvalue weighted by Crippen LogP contribution is 2.64. The van der Waals surface area contributed by atoms with Crippen molar-refractivity contribution in [2.75, 3.05) is 6.61 Å². The number of alkyl halides is 1. The Morgan fingerprint density at radius 1 is 1.35 bits per heavy atom. The van der Waals surface area contributed by atoms with Crippen LogP contribution in [0, 0.1) is 17.3 Å². The lowest BCUT2D eigenvalue weighted by Gasteiger charge is -2.59. The monoisotopic (exact) mass is 301 g/mol. The third-order valence-corrected chi connectivity index (χ3v) is 5.71. The SMILES string of the molecule is CCONC(=O)C12CC3CC(CC(Br)(C3)C1)C2. The molecule has 0 radical (unpaired) electrons. The largest absolute Gasteiger partial charge is 0.274 e. The minimum Gasteiger partial charge on any atom is -0.274 e. The first-order valence-corrected chi connectivity index (χ1v) is 7.46. The molecule has 0 saturated heterocycles. The van der Waals surface area contributed by atoms with Gasteiger partial charge >= 0.3 is 0 Å². The molecule has 0 spiro atoms. The fourth-order valence-electron chi connectivity index (χ4n) is 4.66. The molecule has 17 heavy (non-hydrogen) atoms. The van der Waals surface area contributed by atoms with Gasteiger partial charge in [-0.15, -0.1) is 0 Å². The first-order chi connectivity index (χ1) is 8.05. The Hall–Kier alpha value is -0.0900. The molecule has 96 valence electrons. The van der Waals surface area contributed by atoms with Crippen LogP contribution in [0.5, 0.6) is 0 Å². The van der Waals surface area contributed by atoms with Crippen molar-refractivity contribution in [3.05, 3.63) is 0 Å².